The number of likely N-dealkylation sites (tertiary alicyclic amines) is 1. The van der Waals surface area contributed by atoms with Crippen molar-refractivity contribution in [3.05, 3.63) is 33.8 Å². The molecule has 0 saturated carbocycles. The summed E-state index contributed by atoms with van der Waals surface area (Å²) in [6.07, 6.45) is 1.89. The van der Waals surface area contributed by atoms with Crippen molar-refractivity contribution in [3.8, 4) is 0 Å². The van der Waals surface area contributed by atoms with Crippen LogP contribution >= 0.6 is 23.2 Å². The molecule has 1 atom stereocenters. The topological polar surface area (TPSA) is 23.5 Å². The van der Waals surface area contributed by atoms with Crippen LogP contribution in [0.25, 0.3) is 0 Å². The number of nitrogens with zero attached hydrogens (tertiary/aromatic N) is 1. The Morgan fingerprint density at radius 3 is 2.88 bits per heavy atom. The lowest BCUT2D eigenvalue weighted by Gasteiger charge is -2.37. The van der Waals surface area contributed by atoms with E-state index in [-0.39, 0.29) is 0 Å². The largest absolute Gasteiger partial charge is 0.389 e. The summed E-state index contributed by atoms with van der Waals surface area (Å²) >= 11 is 12.2. The van der Waals surface area contributed by atoms with Gasteiger partial charge in [-0.1, -0.05) is 35.3 Å². The maximum atomic E-state index is 10.0. The Morgan fingerprint density at radius 1 is 1.41 bits per heavy atom. The second-order valence-electron chi connectivity index (χ2n) is 5.02. The first-order valence-corrected chi connectivity index (χ1v) is 6.61. The van der Waals surface area contributed by atoms with Crippen LogP contribution in [0.2, 0.25) is 10.0 Å². The van der Waals surface area contributed by atoms with Gasteiger partial charge in [-0.2, -0.15) is 0 Å². The monoisotopic (exact) mass is 273 g/mol. The van der Waals surface area contributed by atoms with Crippen LogP contribution in [0.3, 0.4) is 0 Å². The number of piperidine rings is 1. The molecule has 0 radical (unpaired) electrons. The number of aliphatic hydroxyl groups is 1. The summed E-state index contributed by atoms with van der Waals surface area (Å²) in [6, 6.07) is 5.68. The fourth-order valence-electron chi connectivity index (χ4n) is 2.37. The molecule has 0 spiro atoms. The number of hydrogen-bond acceptors (Lipinski definition) is 2. The molecule has 4 heteroatoms. The molecule has 17 heavy (non-hydrogen) atoms. The number of hydrogen-bond donors (Lipinski definition) is 1. The molecule has 1 aliphatic heterocycles. The third kappa shape index (κ3) is 3.35. The minimum absolute atomic E-state index is 0.580. The molecule has 1 unspecified atom stereocenters. The zero-order valence-corrected chi connectivity index (χ0v) is 11.4. The number of benzene rings is 1. The molecule has 0 amide bonds. The summed E-state index contributed by atoms with van der Waals surface area (Å²) in [7, 11) is 0. The van der Waals surface area contributed by atoms with Gasteiger partial charge in [-0.05, 0) is 37.9 Å². The molecule has 0 aliphatic carbocycles. The second-order valence-corrected chi connectivity index (χ2v) is 5.81. The molecule has 1 heterocycles. The van der Waals surface area contributed by atoms with Crippen molar-refractivity contribution >= 4 is 23.2 Å². The fourth-order valence-corrected chi connectivity index (χ4v) is 2.75. The highest BCUT2D eigenvalue weighted by Gasteiger charge is 2.28. The highest BCUT2D eigenvalue weighted by molar-refractivity contribution is 6.42. The van der Waals surface area contributed by atoms with E-state index in [0.29, 0.717) is 16.6 Å². The maximum Gasteiger partial charge on any atom is 0.0746 e. The van der Waals surface area contributed by atoms with Crippen molar-refractivity contribution < 1.29 is 5.11 Å². The Morgan fingerprint density at radius 2 is 2.18 bits per heavy atom. The zero-order chi connectivity index (χ0) is 12.5. The van der Waals surface area contributed by atoms with E-state index < -0.39 is 5.60 Å². The van der Waals surface area contributed by atoms with Crippen LogP contribution in [0.4, 0.5) is 0 Å². The van der Waals surface area contributed by atoms with Crippen LogP contribution < -0.4 is 0 Å². The van der Waals surface area contributed by atoms with Crippen LogP contribution in [-0.4, -0.2) is 28.7 Å². The highest BCUT2D eigenvalue weighted by Crippen LogP contribution is 2.28. The number of β-amino-alcohol motifs (C(OH)–C–C–N with tert-alkyl or cyclic N) is 1. The first kappa shape index (κ1) is 13.2. The van der Waals surface area contributed by atoms with Gasteiger partial charge in [0, 0.05) is 13.1 Å². The van der Waals surface area contributed by atoms with E-state index >= 15 is 0 Å². The van der Waals surface area contributed by atoms with Gasteiger partial charge in [0.25, 0.3) is 0 Å². The van der Waals surface area contributed by atoms with Gasteiger partial charge in [0.2, 0.25) is 0 Å². The molecule has 1 fully saturated rings. The van der Waals surface area contributed by atoms with Gasteiger partial charge in [0.15, 0.2) is 0 Å². The molecular weight excluding hydrogens is 257 g/mol. The molecule has 1 aromatic carbocycles. The van der Waals surface area contributed by atoms with Gasteiger partial charge in [-0.25, -0.2) is 0 Å². The lowest BCUT2D eigenvalue weighted by atomic mass is 9.95. The molecule has 1 N–H and O–H groups in total. The van der Waals surface area contributed by atoms with Gasteiger partial charge in [-0.3, -0.25) is 4.90 Å². The molecule has 0 aromatic heterocycles. The second kappa shape index (κ2) is 5.15. The maximum absolute atomic E-state index is 10.0. The normalized spacial score (nSPS) is 26.1. The molecule has 1 aromatic rings. The average Bonchev–Trinajstić information content (AvgIpc) is 2.23. The fraction of sp³-hybridized carbons (Fsp3) is 0.538. The van der Waals surface area contributed by atoms with E-state index in [1.54, 1.807) is 6.07 Å². The van der Waals surface area contributed by atoms with E-state index in [1.165, 1.54) is 0 Å². The third-order valence-electron chi connectivity index (χ3n) is 3.18. The molecule has 2 rings (SSSR count). The van der Waals surface area contributed by atoms with Crippen molar-refractivity contribution in [2.75, 3.05) is 13.1 Å². The van der Waals surface area contributed by atoms with Gasteiger partial charge in [0.1, 0.15) is 0 Å². The quantitative estimate of drug-likeness (QED) is 0.894. The molecule has 1 saturated heterocycles. The third-order valence-corrected chi connectivity index (χ3v) is 4.04. The summed E-state index contributed by atoms with van der Waals surface area (Å²) in [6.45, 7) is 4.32. The smallest absolute Gasteiger partial charge is 0.0746 e. The molecule has 1 aliphatic rings. The van der Waals surface area contributed by atoms with Crippen LogP contribution in [0.1, 0.15) is 25.3 Å². The minimum Gasteiger partial charge on any atom is -0.389 e. The van der Waals surface area contributed by atoms with E-state index in [0.717, 1.165) is 31.5 Å². The average molecular weight is 274 g/mol. The Bertz CT molecular complexity index is 406. The van der Waals surface area contributed by atoms with E-state index in [4.69, 9.17) is 23.2 Å². The van der Waals surface area contributed by atoms with Crippen molar-refractivity contribution in [1.29, 1.82) is 0 Å². The minimum atomic E-state index is -0.580. The predicted octanol–water partition coefficient (Wildman–Crippen LogP) is 3.34. The summed E-state index contributed by atoms with van der Waals surface area (Å²) < 4.78 is 0. The van der Waals surface area contributed by atoms with Crippen molar-refractivity contribution in [1.82, 2.24) is 4.90 Å². The first-order chi connectivity index (χ1) is 7.98. The lowest BCUT2D eigenvalue weighted by Crippen LogP contribution is -2.45. The van der Waals surface area contributed by atoms with Gasteiger partial charge in [0.05, 0.1) is 15.6 Å². The molecule has 94 valence electrons. The van der Waals surface area contributed by atoms with Crippen molar-refractivity contribution in [2.24, 2.45) is 0 Å². The standard InChI is InChI=1S/C13H17Cl2NO/c1-13(17)6-3-7-16(9-13)8-10-4-2-5-11(14)12(10)15/h2,4-5,17H,3,6-9H2,1H3. The van der Waals surface area contributed by atoms with E-state index in [2.05, 4.69) is 4.90 Å². The van der Waals surface area contributed by atoms with Crippen LogP contribution in [-0.2, 0) is 6.54 Å². The molecule has 2 nitrogen and oxygen atoms in total. The predicted molar refractivity (Wildman–Crippen MR) is 71.6 cm³/mol. The zero-order valence-electron chi connectivity index (χ0n) is 9.92. The summed E-state index contributed by atoms with van der Waals surface area (Å²) in [5.41, 5.74) is 0.445. The highest BCUT2D eigenvalue weighted by atomic mass is 35.5. The SMILES string of the molecule is CC1(O)CCCN(Cc2cccc(Cl)c2Cl)C1. The summed E-state index contributed by atoms with van der Waals surface area (Å²) in [4.78, 5) is 2.22. The number of rotatable bonds is 2. The van der Waals surface area contributed by atoms with E-state index in [9.17, 15) is 5.11 Å². The summed E-state index contributed by atoms with van der Waals surface area (Å²) in [5, 5.41) is 11.3. The Balaban J connectivity index is 2.08. The first-order valence-electron chi connectivity index (χ1n) is 5.85. The van der Waals surface area contributed by atoms with Gasteiger partial charge >= 0.3 is 0 Å². The van der Waals surface area contributed by atoms with Gasteiger partial charge < -0.3 is 5.11 Å². The molecular formula is C13H17Cl2NO. The number of halogens is 2. The van der Waals surface area contributed by atoms with Gasteiger partial charge in [-0.15, -0.1) is 0 Å². The van der Waals surface area contributed by atoms with Crippen LogP contribution in [0.15, 0.2) is 18.2 Å². The molecule has 0 bridgehead atoms. The van der Waals surface area contributed by atoms with Crippen molar-refractivity contribution in [2.45, 2.75) is 31.9 Å². The van der Waals surface area contributed by atoms with Crippen LogP contribution in [0.5, 0.6) is 0 Å². The van der Waals surface area contributed by atoms with E-state index in [1.807, 2.05) is 19.1 Å². The Hall–Kier alpha value is -0.280. The summed E-state index contributed by atoms with van der Waals surface area (Å²) in [5.74, 6) is 0. The Kier molecular flexibility index (Phi) is 3.99. The van der Waals surface area contributed by atoms with Crippen molar-refractivity contribution in [3.63, 3.8) is 0 Å². The lowest BCUT2D eigenvalue weighted by molar-refractivity contribution is -0.0181. The van der Waals surface area contributed by atoms with Crippen LogP contribution in [0, 0.1) is 0 Å². The Labute approximate surface area is 112 Å².